The van der Waals surface area contributed by atoms with E-state index in [1.807, 2.05) is 0 Å². The smallest absolute Gasteiger partial charge is 0.139 e. The number of hydrogen-bond donors (Lipinski definition) is 1. The number of hydrogen-bond acceptors (Lipinski definition) is 2. The van der Waals surface area contributed by atoms with Crippen molar-refractivity contribution in [2.75, 3.05) is 25.6 Å². The van der Waals surface area contributed by atoms with Crippen molar-refractivity contribution >= 4 is 17.3 Å². The number of alkyl halides is 1. The van der Waals surface area contributed by atoms with Crippen molar-refractivity contribution in [3.05, 3.63) is 23.2 Å². The molecular formula is C9H11ClFNO. The first-order valence-electron chi connectivity index (χ1n) is 3.91. The Labute approximate surface area is 81.7 Å². The van der Waals surface area contributed by atoms with Crippen molar-refractivity contribution < 1.29 is 9.13 Å². The number of nitrogens with one attached hydrogen (secondary N) is 1. The lowest BCUT2D eigenvalue weighted by atomic mass is 10.3. The van der Waals surface area contributed by atoms with Crippen LogP contribution in [0.3, 0.4) is 0 Å². The van der Waals surface area contributed by atoms with Crippen LogP contribution >= 0.6 is 11.6 Å². The van der Waals surface area contributed by atoms with E-state index in [1.54, 1.807) is 25.3 Å². The Balaban J connectivity index is 2.74. The average molecular weight is 204 g/mol. The lowest BCUT2D eigenvalue weighted by Crippen LogP contribution is -2.02. The van der Waals surface area contributed by atoms with Gasteiger partial charge in [0.05, 0.1) is 12.1 Å². The molecule has 0 saturated carbocycles. The van der Waals surface area contributed by atoms with Gasteiger partial charge in [-0.3, -0.25) is 0 Å². The van der Waals surface area contributed by atoms with Crippen LogP contribution in [0.5, 0.6) is 5.75 Å². The van der Waals surface area contributed by atoms with E-state index < -0.39 is 6.67 Å². The van der Waals surface area contributed by atoms with Gasteiger partial charge in [-0.15, -0.1) is 0 Å². The number of halogens is 2. The highest BCUT2D eigenvalue weighted by molar-refractivity contribution is 6.32. The standard InChI is InChI=1S/C9H11ClFNO/c1-13-9-6-7(12-5-4-11)2-3-8(9)10/h2-3,6,12H,4-5H2,1H3. The molecule has 0 saturated heterocycles. The third-order valence-electron chi connectivity index (χ3n) is 1.57. The predicted octanol–water partition coefficient (Wildman–Crippen LogP) is 2.73. The van der Waals surface area contributed by atoms with Crippen LogP contribution in [0.25, 0.3) is 0 Å². The van der Waals surface area contributed by atoms with E-state index in [0.717, 1.165) is 5.69 Å². The van der Waals surface area contributed by atoms with Gasteiger partial charge in [0.25, 0.3) is 0 Å². The molecule has 0 radical (unpaired) electrons. The molecule has 0 aliphatic carbocycles. The fourth-order valence-electron chi connectivity index (χ4n) is 0.961. The Morgan fingerprint density at radius 3 is 2.92 bits per heavy atom. The molecular weight excluding hydrogens is 193 g/mol. The maximum Gasteiger partial charge on any atom is 0.139 e. The van der Waals surface area contributed by atoms with Crippen molar-refractivity contribution in [3.63, 3.8) is 0 Å². The highest BCUT2D eigenvalue weighted by atomic mass is 35.5. The zero-order valence-electron chi connectivity index (χ0n) is 7.31. The highest BCUT2D eigenvalue weighted by Crippen LogP contribution is 2.27. The monoisotopic (exact) mass is 203 g/mol. The first-order chi connectivity index (χ1) is 6.27. The SMILES string of the molecule is COc1cc(NCCF)ccc1Cl. The van der Waals surface area contributed by atoms with Gasteiger partial charge in [0.1, 0.15) is 12.4 Å². The van der Waals surface area contributed by atoms with E-state index in [1.165, 1.54) is 0 Å². The van der Waals surface area contributed by atoms with E-state index in [4.69, 9.17) is 16.3 Å². The molecule has 0 fully saturated rings. The number of ether oxygens (including phenoxy) is 1. The number of anilines is 1. The number of rotatable bonds is 4. The molecule has 2 nitrogen and oxygen atoms in total. The summed E-state index contributed by atoms with van der Waals surface area (Å²) < 4.78 is 16.8. The van der Waals surface area contributed by atoms with Gasteiger partial charge in [-0.1, -0.05) is 11.6 Å². The van der Waals surface area contributed by atoms with Gasteiger partial charge in [0.2, 0.25) is 0 Å². The normalized spacial score (nSPS) is 9.77. The maximum atomic E-state index is 11.8. The Morgan fingerprint density at radius 2 is 2.31 bits per heavy atom. The minimum atomic E-state index is -0.398. The molecule has 1 aromatic rings. The number of benzene rings is 1. The van der Waals surface area contributed by atoms with Gasteiger partial charge >= 0.3 is 0 Å². The summed E-state index contributed by atoms with van der Waals surface area (Å²) >= 11 is 5.80. The molecule has 1 rings (SSSR count). The molecule has 1 aromatic carbocycles. The Morgan fingerprint density at radius 1 is 1.54 bits per heavy atom. The largest absolute Gasteiger partial charge is 0.495 e. The van der Waals surface area contributed by atoms with Crippen LogP contribution in [0.4, 0.5) is 10.1 Å². The summed E-state index contributed by atoms with van der Waals surface area (Å²) in [5.41, 5.74) is 0.805. The predicted molar refractivity (Wildman–Crippen MR) is 52.5 cm³/mol. The summed E-state index contributed by atoms with van der Waals surface area (Å²) in [7, 11) is 1.54. The summed E-state index contributed by atoms with van der Waals surface area (Å²) in [5.74, 6) is 0.588. The first kappa shape index (κ1) is 10.1. The van der Waals surface area contributed by atoms with Gasteiger partial charge < -0.3 is 10.1 Å². The summed E-state index contributed by atoms with van der Waals surface area (Å²) in [6.45, 7) is -0.101. The van der Waals surface area contributed by atoms with Crippen LogP contribution in [0.15, 0.2) is 18.2 Å². The second-order valence-electron chi connectivity index (χ2n) is 2.47. The molecule has 0 unspecified atom stereocenters. The zero-order valence-corrected chi connectivity index (χ0v) is 8.07. The second-order valence-corrected chi connectivity index (χ2v) is 2.87. The van der Waals surface area contributed by atoms with Crippen LogP contribution in [0.1, 0.15) is 0 Å². The van der Waals surface area contributed by atoms with Gasteiger partial charge in [-0.05, 0) is 12.1 Å². The first-order valence-corrected chi connectivity index (χ1v) is 4.29. The van der Waals surface area contributed by atoms with Crippen LogP contribution in [-0.2, 0) is 0 Å². The third kappa shape index (κ3) is 2.77. The Hall–Kier alpha value is -0.960. The molecule has 0 aliphatic heterocycles. The Bertz CT molecular complexity index is 280. The minimum Gasteiger partial charge on any atom is -0.495 e. The third-order valence-corrected chi connectivity index (χ3v) is 1.89. The lowest BCUT2D eigenvalue weighted by Gasteiger charge is -2.07. The van der Waals surface area contributed by atoms with Crippen molar-refractivity contribution in [2.45, 2.75) is 0 Å². The van der Waals surface area contributed by atoms with Crippen molar-refractivity contribution in [1.29, 1.82) is 0 Å². The highest BCUT2D eigenvalue weighted by Gasteiger charge is 2.00. The van der Waals surface area contributed by atoms with Crippen LogP contribution in [0, 0.1) is 0 Å². The maximum absolute atomic E-state index is 11.8. The topological polar surface area (TPSA) is 21.3 Å². The van der Waals surface area contributed by atoms with Gasteiger partial charge in [0, 0.05) is 18.3 Å². The molecule has 1 N–H and O–H groups in total. The van der Waals surface area contributed by atoms with E-state index in [0.29, 0.717) is 17.3 Å². The van der Waals surface area contributed by atoms with Gasteiger partial charge in [0.15, 0.2) is 0 Å². The summed E-state index contributed by atoms with van der Waals surface area (Å²) in [5, 5.41) is 3.43. The van der Waals surface area contributed by atoms with E-state index in [-0.39, 0.29) is 0 Å². The molecule has 0 aliphatic rings. The quantitative estimate of drug-likeness (QED) is 0.813. The molecule has 72 valence electrons. The van der Waals surface area contributed by atoms with E-state index >= 15 is 0 Å². The fourth-order valence-corrected chi connectivity index (χ4v) is 1.16. The summed E-state index contributed by atoms with van der Waals surface area (Å²) in [6, 6.07) is 5.22. The molecule has 4 heteroatoms. The zero-order chi connectivity index (χ0) is 9.68. The minimum absolute atomic E-state index is 0.296. The second kappa shape index (κ2) is 4.92. The molecule has 13 heavy (non-hydrogen) atoms. The van der Waals surface area contributed by atoms with Crippen molar-refractivity contribution in [2.24, 2.45) is 0 Å². The van der Waals surface area contributed by atoms with Gasteiger partial charge in [-0.25, -0.2) is 4.39 Å². The molecule has 0 aromatic heterocycles. The molecule has 0 amide bonds. The molecule has 0 bridgehead atoms. The van der Waals surface area contributed by atoms with Gasteiger partial charge in [-0.2, -0.15) is 0 Å². The van der Waals surface area contributed by atoms with Crippen LogP contribution in [0.2, 0.25) is 5.02 Å². The van der Waals surface area contributed by atoms with Crippen molar-refractivity contribution in [3.8, 4) is 5.75 Å². The average Bonchev–Trinajstić information content (AvgIpc) is 2.16. The van der Waals surface area contributed by atoms with E-state index in [2.05, 4.69) is 5.32 Å². The van der Waals surface area contributed by atoms with Crippen molar-refractivity contribution in [1.82, 2.24) is 0 Å². The van der Waals surface area contributed by atoms with Crippen LogP contribution < -0.4 is 10.1 Å². The van der Waals surface area contributed by atoms with Crippen LogP contribution in [-0.4, -0.2) is 20.3 Å². The molecule has 0 heterocycles. The Kier molecular flexibility index (Phi) is 3.83. The van der Waals surface area contributed by atoms with E-state index in [9.17, 15) is 4.39 Å². The lowest BCUT2D eigenvalue weighted by molar-refractivity contribution is 0.415. The number of methoxy groups -OCH3 is 1. The summed E-state index contributed by atoms with van der Waals surface area (Å²) in [6.07, 6.45) is 0. The fraction of sp³-hybridized carbons (Fsp3) is 0.333. The molecule has 0 atom stereocenters. The summed E-state index contributed by atoms with van der Waals surface area (Å²) in [4.78, 5) is 0. The molecule has 0 spiro atoms.